The lowest BCUT2D eigenvalue weighted by atomic mass is 9.34. The molecule has 60 heavy (non-hydrogen) atoms. The third-order valence-electron chi connectivity index (χ3n) is 11.8. The Bertz CT molecular complexity index is 3120. The van der Waals surface area contributed by atoms with E-state index >= 15 is 0 Å². The van der Waals surface area contributed by atoms with Gasteiger partial charge in [-0.3, -0.25) is 0 Å². The zero-order chi connectivity index (χ0) is 39.6. The summed E-state index contributed by atoms with van der Waals surface area (Å²) in [5.41, 5.74) is 12.8. The van der Waals surface area contributed by atoms with Crippen molar-refractivity contribution in [1.82, 2.24) is 4.57 Å². The minimum Gasteiger partial charge on any atom is -0.458 e. The number of anilines is 6. The quantitative estimate of drug-likeness (QED) is 0.151. The summed E-state index contributed by atoms with van der Waals surface area (Å²) in [7, 11) is 0. The average Bonchev–Trinajstić information content (AvgIpc) is 3.65. The maximum atomic E-state index is 7.32. The summed E-state index contributed by atoms with van der Waals surface area (Å²) in [6, 6.07) is 76.9. The van der Waals surface area contributed by atoms with E-state index < -0.39 is 0 Å². The van der Waals surface area contributed by atoms with Crippen LogP contribution in [0.3, 0.4) is 0 Å². The third-order valence-corrected chi connectivity index (χ3v) is 11.8. The SMILES string of the molecule is c1ccc(N(c2ccccc2)c2ccc3c(c2)Oc2cc4c(c5c2B3c2ccc(N(c3ccccc3)c3ccccc3)cc2O5)c2ccccc2n4-c2ccccc2)cc1. The zero-order valence-electron chi connectivity index (χ0n) is 32.5. The molecule has 0 N–H and O–H groups in total. The van der Waals surface area contributed by atoms with Gasteiger partial charge in [0.05, 0.1) is 16.4 Å². The van der Waals surface area contributed by atoms with Gasteiger partial charge in [-0.2, -0.15) is 0 Å². The van der Waals surface area contributed by atoms with E-state index in [1.807, 2.05) is 0 Å². The van der Waals surface area contributed by atoms with Crippen molar-refractivity contribution >= 4 is 79.0 Å². The monoisotopic (exact) mass is 769 g/mol. The second-order valence-electron chi connectivity index (χ2n) is 15.3. The van der Waals surface area contributed by atoms with Crippen molar-refractivity contribution < 1.29 is 9.47 Å². The maximum Gasteiger partial charge on any atom is 0.260 e. The number of benzene rings is 9. The Morgan fingerprint density at radius 2 is 0.817 bits per heavy atom. The molecule has 2 aliphatic rings. The fraction of sp³-hybridized carbons (Fsp3) is 0. The Kier molecular flexibility index (Phi) is 7.88. The molecule has 1 aromatic heterocycles. The first kappa shape index (κ1) is 34.1. The molecule has 0 bridgehead atoms. The molecule has 12 rings (SSSR count). The van der Waals surface area contributed by atoms with Crippen molar-refractivity contribution in [2.24, 2.45) is 0 Å². The van der Waals surface area contributed by atoms with Crippen LogP contribution in [0.1, 0.15) is 0 Å². The number of fused-ring (bicyclic) bond motifs is 8. The molecule has 5 nitrogen and oxygen atoms in total. The van der Waals surface area contributed by atoms with Crippen molar-refractivity contribution in [3.05, 3.63) is 218 Å². The summed E-state index contributed by atoms with van der Waals surface area (Å²) in [5, 5.41) is 2.20. The van der Waals surface area contributed by atoms with Crippen LogP contribution in [0, 0.1) is 0 Å². The molecule has 6 heteroatoms. The second kappa shape index (κ2) is 13.9. The van der Waals surface area contributed by atoms with Gasteiger partial charge in [0.1, 0.15) is 23.0 Å². The number of nitrogens with zero attached hydrogens (tertiary/aromatic N) is 3. The molecule has 0 fully saturated rings. The molecule has 0 atom stereocenters. The summed E-state index contributed by atoms with van der Waals surface area (Å²) in [6.07, 6.45) is 0. The van der Waals surface area contributed by atoms with Gasteiger partial charge in [0.15, 0.2) is 0 Å². The molecular weight excluding hydrogens is 733 g/mol. The lowest BCUT2D eigenvalue weighted by molar-refractivity contribution is 0.468. The average molecular weight is 770 g/mol. The number of rotatable bonds is 7. The van der Waals surface area contributed by atoms with Crippen LogP contribution in [0.4, 0.5) is 34.1 Å². The van der Waals surface area contributed by atoms with E-state index in [1.54, 1.807) is 0 Å². The predicted octanol–water partition coefficient (Wildman–Crippen LogP) is 12.5. The van der Waals surface area contributed by atoms with Crippen molar-refractivity contribution in [2.45, 2.75) is 0 Å². The Morgan fingerprint density at radius 1 is 0.367 bits per heavy atom. The summed E-state index contributed by atoms with van der Waals surface area (Å²) >= 11 is 0. The highest BCUT2D eigenvalue weighted by molar-refractivity contribution is 6.98. The minimum atomic E-state index is -0.141. The van der Waals surface area contributed by atoms with Crippen LogP contribution in [-0.2, 0) is 0 Å². The summed E-state index contributed by atoms with van der Waals surface area (Å²) in [6.45, 7) is -0.141. The van der Waals surface area contributed by atoms with Gasteiger partial charge in [-0.1, -0.05) is 121 Å². The van der Waals surface area contributed by atoms with Crippen molar-refractivity contribution in [1.29, 1.82) is 0 Å². The van der Waals surface area contributed by atoms with Crippen LogP contribution < -0.4 is 35.7 Å². The fourth-order valence-electron chi connectivity index (χ4n) is 9.29. The number of hydrogen-bond acceptors (Lipinski definition) is 4. The smallest absolute Gasteiger partial charge is 0.260 e. The zero-order valence-corrected chi connectivity index (χ0v) is 32.5. The molecule has 0 saturated heterocycles. The highest BCUT2D eigenvalue weighted by Crippen LogP contribution is 2.47. The van der Waals surface area contributed by atoms with Gasteiger partial charge in [-0.05, 0) is 89.8 Å². The van der Waals surface area contributed by atoms with E-state index in [9.17, 15) is 0 Å². The Hall–Kier alpha value is -7.96. The third kappa shape index (κ3) is 5.42. The van der Waals surface area contributed by atoms with Crippen molar-refractivity contribution in [3.63, 3.8) is 0 Å². The fourth-order valence-corrected chi connectivity index (χ4v) is 9.29. The number of ether oxygens (including phenoxy) is 2. The molecule has 0 aliphatic carbocycles. The molecule has 3 heterocycles. The molecule has 0 unspecified atom stereocenters. The number of para-hydroxylation sites is 6. The molecule has 0 spiro atoms. The van der Waals surface area contributed by atoms with E-state index in [-0.39, 0.29) is 6.71 Å². The van der Waals surface area contributed by atoms with Crippen molar-refractivity contribution in [2.75, 3.05) is 9.80 Å². The first-order valence-electron chi connectivity index (χ1n) is 20.4. The van der Waals surface area contributed by atoms with Crippen molar-refractivity contribution in [3.8, 4) is 28.7 Å². The Balaban J connectivity index is 1.11. The standard InChI is InChI=1S/C54H36BN3O2/c1-6-18-37(19-7-1)56(38-20-8-2-9-21-38)42-30-32-45-49(34-42)59-51-36-48-52(44-28-16-17-29-47(44)58(48)41-26-14-5-15-27-41)54-53(51)55(45)46-33-31-43(35-50(46)60-54)57(39-22-10-3-11-23-39)40-24-12-4-13-25-40/h1-36H. The molecule has 10 aromatic rings. The van der Waals surface area contributed by atoms with E-state index in [2.05, 4.69) is 233 Å². The lowest BCUT2D eigenvalue weighted by Gasteiger charge is -2.35. The van der Waals surface area contributed by atoms with Crippen LogP contribution in [0.2, 0.25) is 0 Å². The molecule has 282 valence electrons. The van der Waals surface area contributed by atoms with Gasteiger partial charge in [0.25, 0.3) is 6.71 Å². The molecule has 2 aliphatic heterocycles. The van der Waals surface area contributed by atoms with Crippen LogP contribution in [-0.4, -0.2) is 11.3 Å². The van der Waals surface area contributed by atoms with Gasteiger partial charge in [0, 0.05) is 68.9 Å². The molecule has 0 radical (unpaired) electrons. The van der Waals surface area contributed by atoms with Crippen LogP contribution >= 0.6 is 0 Å². The van der Waals surface area contributed by atoms with E-state index in [0.717, 1.165) is 101 Å². The molecular formula is C54H36BN3O2. The normalized spacial score (nSPS) is 12.2. The lowest BCUT2D eigenvalue weighted by Crippen LogP contribution is -2.57. The predicted molar refractivity (Wildman–Crippen MR) is 248 cm³/mol. The maximum absolute atomic E-state index is 7.32. The van der Waals surface area contributed by atoms with Gasteiger partial charge in [-0.15, -0.1) is 0 Å². The van der Waals surface area contributed by atoms with Gasteiger partial charge in [0.2, 0.25) is 0 Å². The summed E-state index contributed by atoms with van der Waals surface area (Å²) < 4.78 is 16.8. The van der Waals surface area contributed by atoms with E-state index in [0.29, 0.717) is 0 Å². The summed E-state index contributed by atoms with van der Waals surface area (Å²) in [4.78, 5) is 4.57. The van der Waals surface area contributed by atoms with Crippen LogP contribution in [0.5, 0.6) is 23.0 Å². The highest BCUT2D eigenvalue weighted by Gasteiger charge is 2.42. The van der Waals surface area contributed by atoms with Gasteiger partial charge >= 0.3 is 0 Å². The first-order chi connectivity index (χ1) is 29.8. The minimum absolute atomic E-state index is 0.141. The van der Waals surface area contributed by atoms with E-state index in [4.69, 9.17) is 9.47 Å². The van der Waals surface area contributed by atoms with E-state index in [1.165, 1.54) is 0 Å². The first-order valence-corrected chi connectivity index (χ1v) is 20.4. The molecule has 9 aromatic carbocycles. The molecule has 0 amide bonds. The summed E-state index contributed by atoms with van der Waals surface area (Å²) in [5.74, 6) is 3.27. The van der Waals surface area contributed by atoms with Gasteiger partial charge < -0.3 is 23.8 Å². The largest absolute Gasteiger partial charge is 0.458 e. The second-order valence-corrected chi connectivity index (χ2v) is 15.3. The Labute approximate surface area is 348 Å². The van der Waals surface area contributed by atoms with Crippen LogP contribution in [0.15, 0.2) is 218 Å². The highest BCUT2D eigenvalue weighted by atomic mass is 16.5. The Morgan fingerprint density at radius 3 is 1.33 bits per heavy atom. The number of hydrogen-bond donors (Lipinski definition) is 0. The number of aromatic nitrogens is 1. The van der Waals surface area contributed by atoms with Gasteiger partial charge in [-0.25, -0.2) is 0 Å². The topological polar surface area (TPSA) is 29.9 Å². The van der Waals surface area contributed by atoms with Crippen LogP contribution in [0.25, 0.3) is 27.5 Å². The molecule has 0 saturated carbocycles.